The van der Waals surface area contributed by atoms with Crippen molar-refractivity contribution in [1.29, 1.82) is 0 Å². The molecule has 0 spiro atoms. The number of nitrogens with one attached hydrogen (secondary N) is 1. The molecule has 1 saturated heterocycles. The number of urea groups is 1. The lowest BCUT2D eigenvalue weighted by Crippen LogP contribution is -2.44. The third-order valence-corrected chi connectivity index (χ3v) is 6.84. The Morgan fingerprint density at radius 2 is 1.97 bits per heavy atom. The zero-order valence-corrected chi connectivity index (χ0v) is 18.7. The minimum atomic E-state index is -0.462. The van der Waals surface area contributed by atoms with E-state index in [0.29, 0.717) is 29.6 Å². The molecule has 2 heterocycles. The van der Waals surface area contributed by atoms with E-state index in [4.69, 9.17) is 11.6 Å². The molecule has 2 fully saturated rings. The molecule has 1 saturated carbocycles. The predicted octanol–water partition coefficient (Wildman–Crippen LogP) is 4.20. The van der Waals surface area contributed by atoms with Gasteiger partial charge in [-0.2, -0.15) is 0 Å². The van der Waals surface area contributed by atoms with Gasteiger partial charge in [0.05, 0.1) is 16.5 Å². The van der Waals surface area contributed by atoms with E-state index in [1.807, 2.05) is 29.8 Å². The Kier molecular flexibility index (Phi) is 5.39. The highest BCUT2D eigenvalue weighted by atomic mass is 35.5. The Morgan fingerprint density at radius 1 is 1.19 bits per heavy atom. The maximum absolute atomic E-state index is 12.5. The van der Waals surface area contributed by atoms with Crippen molar-refractivity contribution in [2.75, 3.05) is 18.4 Å². The molecule has 2 aromatic carbocycles. The van der Waals surface area contributed by atoms with E-state index in [2.05, 4.69) is 39.8 Å². The first-order valence-electron chi connectivity index (χ1n) is 11.0. The number of β-amino-alcohol motifs (C(OH)–C–C–N with tert-alkyl or cyclic N) is 1. The molecule has 2 N–H and O–H groups in total. The first-order valence-corrected chi connectivity index (χ1v) is 11.3. The van der Waals surface area contributed by atoms with Crippen LogP contribution in [-0.4, -0.2) is 50.0 Å². The lowest BCUT2D eigenvalue weighted by Gasteiger charge is -2.30. The van der Waals surface area contributed by atoms with Gasteiger partial charge in [-0.15, -0.1) is 10.2 Å². The molecule has 166 valence electrons. The van der Waals surface area contributed by atoms with E-state index in [1.165, 1.54) is 5.56 Å². The Balaban J connectivity index is 1.37. The zero-order valence-electron chi connectivity index (χ0n) is 18.0. The molecule has 0 radical (unpaired) electrons. The van der Waals surface area contributed by atoms with Crippen LogP contribution >= 0.6 is 11.6 Å². The van der Waals surface area contributed by atoms with Crippen molar-refractivity contribution >= 4 is 23.3 Å². The van der Waals surface area contributed by atoms with Gasteiger partial charge >= 0.3 is 6.03 Å². The summed E-state index contributed by atoms with van der Waals surface area (Å²) in [5.74, 6) is 1.64. The van der Waals surface area contributed by atoms with E-state index in [1.54, 1.807) is 11.0 Å². The van der Waals surface area contributed by atoms with Crippen LogP contribution in [0.2, 0.25) is 5.02 Å². The molecule has 7 nitrogen and oxygen atoms in total. The monoisotopic (exact) mass is 451 g/mol. The highest BCUT2D eigenvalue weighted by molar-refractivity contribution is 6.33. The van der Waals surface area contributed by atoms with Gasteiger partial charge in [-0.05, 0) is 49.4 Å². The summed E-state index contributed by atoms with van der Waals surface area (Å²) < 4.78 is 2.02. The van der Waals surface area contributed by atoms with Crippen LogP contribution in [0.4, 0.5) is 10.5 Å². The van der Waals surface area contributed by atoms with Crippen LogP contribution in [0, 0.1) is 0 Å². The number of aliphatic hydroxyl groups is 1. The van der Waals surface area contributed by atoms with Gasteiger partial charge in [0.1, 0.15) is 5.82 Å². The quantitative estimate of drug-likeness (QED) is 0.622. The minimum Gasteiger partial charge on any atom is -0.391 e. The largest absolute Gasteiger partial charge is 0.391 e. The summed E-state index contributed by atoms with van der Waals surface area (Å²) in [6.07, 6.45) is 3.17. The van der Waals surface area contributed by atoms with Crippen LogP contribution in [0.3, 0.4) is 0 Å². The standard InChI is InChI=1S/C24H26ClN5O2/c1-29-21(27-28-22(29)24(11-12-24)16-6-3-2-4-7-16)19-10-9-17(14-20(19)25)26-23(32)30-13-5-8-18(31)15-30/h2-4,6-7,9-10,14,18,31H,5,8,11-13,15H2,1H3,(H,26,32). The number of likely N-dealkylation sites (tertiary alicyclic amines) is 1. The van der Waals surface area contributed by atoms with Gasteiger partial charge in [0, 0.05) is 31.4 Å². The van der Waals surface area contributed by atoms with Gasteiger partial charge in [0.2, 0.25) is 0 Å². The molecule has 1 atom stereocenters. The first kappa shape index (κ1) is 21.0. The van der Waals surface area contributed by atoms with Crippen molar-refractivity contribution in [3.05, 3.63) is 64.9 Å². The molecule has 2 amide bonds. The summed E-state index contributed by atoms with van der Waals surface area (Å²) >= 11 is 6.60. The molecule has 1 aliphatic carbocycles. The molecular formula is C24H26ClN5O2. The van der Waals surface area contributed by atoms with Crippen LogP contribution < -0.4 is 5.32 Å². The number of benzene rings is 2. The first-order chi connectivity index (χ1) is 15.5. The second-order valence-electron chi connectivity index (χ2n) is 8.72. The molecule has 2 aliphatic rings. The van der Waals surface area contributed by atoms with Crippen LogP contribution in [0.5, 0.6) is 0 Å². The number of hydrogen-bond donors (Lipinski definition) is 2. The number of rotatable bonds is 4. The van der Waals surface area contributed by atoms with E-state index >= 15 is 0 Å². The van der Waals surface area contributed by atoms with E-state index in [0.717, 1.165) is 37.1 Å². The third-order valence-electron chi connectivity index (χ3n) is 6.52. The molecule has 3 aromatic rings. The number of carbonyl (C=O) groups is 1. The van der Waals surface area contributed by atoms with Crippen LogP contribution in [0.25, 0.3) is 11.4 Å². The van der Waals surface area contributed by atoms with Crippen molar-refractivity contribution in [1.82, 2.24) is 19.7 Å². The maximum Gasteiger partial charge on any atom is 0.321 e. The highest BCUT2D eigenvalue weighted by Crippen LogP contribution is 2.53. The molecule has 0 bridgehead atoms. The van der Waals surface area contributed by atoms with E-state index in [9.17, 15) is 9.90 Å². The van der Waals surface area contributed by atoms with Crippen LogP contribution in [0.1, 0.15) is 37.1 Å². The van der Waals surface area contributed by atoms with E-state index < -0.39 is 6.10 Å². The van der Waals surface area contributed by atoms with Crippen LogP contribution in [0.15, 0.2) is 48.5 Å². The highest BCUT2D eigenvalue weighted by Gasteiger charge is 2.49. The second-order valence-corrected chi connectivity index (χ2v) is 9.13. The number of anilines is 1. The number of aromatic nitrogens is 3. The van der Waals surface area contributed by atoms with Gasteiger partial charge in [0.25, 0.3) is 0 Å². The van der Waals surface area contributed by atoms with Crippen molar-refractivity contribution in [2.24, 2.45) is 7.05 Å². The number of halogens is 1. The molecule has 32 heavy (non-hydrogen) atoms. The zero-order chi connectivity index (χ0) is 22.3. The molecule has 1 aliphatic heterocycles. The fourth-order valence-electron chi connectivity index (χ4n) is 4.62. The third kappa shape index (κ3) is 3.76. The number of hydrogen-bond acceptors (Lipinski definition) is 4. The fraction of sp³-hybridized carbons (Fsp3) is 0.375. The number of nitrogens with zero attached hydrogens (tertiary/aromatic N) is 4. The molecule has 5 rings (SSSR count). The van der Waals surface area contributed by atoms with Crippen LogP contribution in [-0.2, 0) is 12.5 Å². The lowest BCUT2D eigenvalue weighted by atomic mass is 9.95. The summed E-state index contributed by atoms with van der Waals surface area (Å²) in [5, 5.41) is 22.2. The summed E-state index contributed by atoms with van der Waals surface area (Å²) in [6, 6.07) is 15.6. The average Bonchev–Trinajstić information content (AvgIpc) is 3.51. The maximum atomic E-state index is 12.5. The Bertz CT molecular complexity index is 1140. The number of piperidine rings is 1. The van der Waals surface area contributed by atoms with Gasteiger partial charge in [-0.25, -0.2) is 4.79 Å². The fourth-order valence-corrected chi connectivity index (χ4v) is 4.89. The summed E-state index contributed by atoms with van der Waals surface area (Å²) in [7, 11) is 1.97. The summed E-state index contributed by atoms with van der Waals surface area (Å²) in [5.41, 5.74) is 2.55. The Hall–Kier alpha value is -2.90. The SMILES string of the molecule is Cn1c(-c2ccc(NC(=O)N3CCCC(O)C3)cc2Cl)nnc1C1(c2ccccc2)CC1. The number of carbonyl (C=O) groups excluding carboxylic acids is 1. The van der Waals surface area contributed by atoms with E-state index in [-0.39, 0.29) is 11.4 Å². The summed E-state index contributed by atoms with van der Waals surface area (Å²) in [6.45, 7) is 0.988. The Morgan fingerprint density at radius 3 is 2.66 bits per heavy atom. The smallest absolute Gasteiger partial charge is 0.321 e. The lowest BCUT2D eigenvalue weighted by molar-refractivity contribution is 0.0883. The molecule has 8 heteroatoms. The normalized spacial score (nSPS) is 19.6. The van der Waals surface area contributed by atoms with Crippen molar-refractivity contribution in [3.63, 3.8) is 0 Å². The van der Waals surface area contributed by atoms with Gasteiger partial charge in [-0.1, -0.05) is 41.9 Å². The summed E-state index contributed by atoms with van der Waals surface area (Å²) in [4.78, 5) is 14.2. The predicted molar refractivity (Wildman–Crippen MR) is 124 cm³/mol. The van der Waals surface area contributed by atoms with Crippen molar-refractivity contribution in [3.8, 4) is 11.4 Å². The number of aliphatic hydroxyl groups excluding tert-OH is 1. The Labute approximate surface area is 192 Å². The number of amides is 2. The average molecular weight is 452 g/mol. The van der Waals surface area contributed by atoms with Gasteiger partial charge in [0.15, 0.2) is 5.82 Å². The van der Waals surface area contributed by atoms with Gasteiger partial charge in [-0.3, -0.25) is 0 Å². The second kappa shape index (κ2) is 8.22. The van der Waals surface area contributed by atoms with Crippen molar-refractivity contribution < 1.29 is 9.90 Å². The molecular weight excluding hydrogens is 426 g/mol. The minimum absolute atomic E-state index is 0.0827. The molecule has 1 aromatic heterocycles. The topological polar surface area (TPSA) is 83.3 Å². The van der Waals surface area contributed by atoms with Gasteiger partial charge < -0.3 is 19.9 Å². The van der Waals surface area contributed by atoms with Crippen molar-refractivity contribution in [2.45, 2.75) is 37.2 Å². The molecule has 1 unspecified atom stereocenters.